The second kappa shape index (κ2) is 5.23. The first-order chi connectivity index (χ1) is 9.68. The fourth-order valence-electron chi connectivity index (χ4n) is 2.96. The summed E-state index contributed by atoms with van der Waals surface area (Å²) in [6.07, 6.45) is 5.39. The van der Waals surface area contributed by atoms with Gasteiger partial charge in [0.2, 0.25) is 0 Å². The lowest BCUT2D eigenvalue weighted by molar-refractivity contribution is 0.571. The van der Waals surface area contributed by atoms with E-state index in [2.05, 4.69) is 28.7 Å². The molecule has 1 fully saturated rings. The molecule has 0 spiro atoms. The Kier molecular flexibility index (Phi) is 3.42. The molecule has 0 saturated carbocycles. The van der Waals surface area contributed by atoms with Crippen LogP contribution in [0.2, 0.25) is 0 Å². The summed E-state index contributed by atoms with van der Waals surface area (Å²) in [5, 5.41) is 9.14. The van der Waals surface area contributed by atoms with Gasteiger partial charge in [0.05, 0.1) is 5.39 Å². The molecule has 1 aliphatic heterocycles. The average Bonchev–Trinajstić information content (AvgIpc) is 2.46. The lowest BCUT2D eigenvalue weighted by Crippen LogP contribution is -2.31. The molecule has 5 nitrogen and oxygen atoms in total. The van der Waals surface area contributed by atoms with Gasteiger partial charge in [-0.25, -0.2) is 9.97 Å². The highest BCUT2D eigenvalue weighted by atomic mass is 15.2. The van der Waals surface area contributed by atoms with Gasteiger partial charge in [0.25, 0.3) is 0 Å². The highest BCUT2D eigenvalue weighted by molar-refractivity contribution is 5.87. The number of fused-ring (bicyclic) bond motifs is 1. The molecule has 5 heteroatoms. The first-order valence-corrected chi connectivity index (χ1v) is 7.34. The topological polar surface area (TPSA) is 57.8 Å². The van der Waals surface area contributed by atoms with Gasteiger partial charge in [-0.15, -0.1) is 0 Å². The van der Waals surface area contributed by atoms with E-state index in [4.69, 9.17) is 5.41 Å². The Balaban J connectivity index is 2.20. The van der Waals surface area contributed by atoms with Crippen molar-refractivity contribution in [3.8, 4) is 0 Å². The molecule has 2 aromatic rings. The maximum Gasteiger partial charge on any atom is 0.147 e. The van der Waals surface area contributed by atoms with Crippen LogP contribution < -0.4 is 10.4 Å². The molecule has 1 aliphatic rings. The monoisotopic (exact) mass is 271 g/mol. The summed E-state index contributed by atoms with van der Waals surface area (Å²) in [4.78, 5) is 11.3. The fourth-order valence-corrected chi connectivity index (χ4v) is 2.96. The number of aromatic nitrogens is 3. The number of nitrogens with zero attached hydrogens (tertiary/aromatic N) is 4. The van der Waals surface area contributed by atoms with E-state index in [9.17, 15) is 0 Å². The van der Waals surface area contributed by atoms with E-state index in [1.165, 1.54) is 19.3 Å². The molecule has 0 aliphatic carbocycles. The fraction of sp³-hybridized carbons (Fsp3) is 0.533. The van der Waals surface area contributed by atoms with E-state index in [0.717, 1.165) is 29.9 Å². The van der Waals surface area contributed by atoms with Crippen LogP contribution in [0.4, 0.5) is 5.82 Å². The standard InChI is InChI=1S/C15H21N5/c1-11(2)20-13(16)7-6-12-14(17-10-18-15(12)20)19-8-4-3-5-9-19/h6-7,10-11,16H,3-5,8-9H2,1-2H3. The Morgan fingerprint density at radius 1 is 1.10 bits per heavy atom. The number of rotatable bonds is 2. The Morgan fingerprint density at radius 2 is 1.85 bits per heavy atom. The Labute approximate surface area is 118 Å². The number of pyridine rings is 1. The summed E-state index contributed by atoms with van der Waals surface area (Å²) in [5.41, 5.74) is 1.36. The van der Waals surface area contributed by atoms with Crippen molar-refractivity contribution in [2.75, 3.05) is 18.0 Å². The zero-order valence-corrected chi connectivity index (χ0v) is 12.1. The average molecular weight is 271 g/mol. The third-order valence-electron chi connectivity index (χ3n) is 3.91. The molecule has 0 unspecified atom stereocenters. The highest BCUT2D eigenvalue weighted by Crippen LogP contribution is 2.25. The van der Waals surface area contributed by atoms with E-state index in [-0.39, 0.29) is 6.04 Å². The normalized spacial score (nSPS) is 16.1. The zero-order chi connectivity index (χ0) is 14.1. The predicted molar refractivity (Wildman–Crippen MR) is 79.8 cm³/mol. The van der Waals surface area contributed by atoms with Crippen LogP contribution in [0.25, 0.3) is 11.0 Å². The molecule has 3 rings (SSSR count). The second-order valence-corrected chi connectivity index (χ2v) is 5.66. The van der Waals surface area contributed by atoms with Gasteiger partial charge in [0.1, 0.15) is 23.3 Å². The Hall–Kier alpha value is -1.91. The van der Waals surface area contributed by atoms with Gasteiger partial charge in [0, 0.05) is 19.1 Å². The number of nitrogens with one attached hydrogen (secondary N) is 1. The molecule has 1 N–H and O–H groups in total. The second-order valence-electron chi connectivity index (χ2n) is 5.66. The first kappa shape index (κ1) is 13.1. The minimum absolute atomic E-state index is 0.218. The molecule has 0 bridgehead atoms. The molecule has 3 heterocycles. The van der Waals surface area contributed by atoms with Crippen LogP contribution in [0, 0.1) is 5.41 Å². The van der Waals surface area contributed by atoms with Crippen molar-refractivity contribution in [1.29, 1.82) is 5.41 Å². The largest absolute Gasteiger partial charge is 0.356 e. The Morgan fingerprint density at radius 3 is 2.55 bits per heavy atom. The minimum atomic E-state index is 0.218. The molecular formula is C15H21N5. The number of anilines is 1. The molecule has 106 valence electrons. The maximum atomic E-state index is 8.09. The molecule has 0 radical (unpaired) electrons. The molecule has 0 atom stereocenters. The van der Waals surface area contributed by atoms with Crippen LogP contribution in [0.5, 0.6) is 0 Å². The highest BCUT2D eigenvalue weighted by Gasteiger charge is 2.17. The van der Waals surface area contributed by atoms with E-state index in [1.54, 1.807) is 6.33 Å². The summed E-state index contributed by atoms with van der Waals surface area (Å²) in [6.45, 7) is 6.30. The van der Waals surface area contributed by atoms with Crippen molar-refractivity contribution in [3.05, 3.63) is 23.9 Å². The summed E-state index contributed by atoms with van der Waals surface area (Å²) >= 11 is 0. The van der Waals surface area contributed by atoms with E-state index in [1.807, 2.05) is 16.7 Å². The van der Waals surface area contributed by atoms with Crippen molar-refractivity contribution < 1.29 is 0 Å². The van der Waals surface area contributed by atoms with E-state index >= 15 is 0 Å². The summed E-state index contributed by atoms with van der Waals surface area (Å²) < 4.78 is 1.96. The van der Waals surface area contributed by atoms with Crippen LogP contribution >= 0.6 is 0 Å². The summed E-state index contributed by atoms with van der Waals surface area (Å²) in [5.74, 6) is 1.02. The predicted octanol–water partition coefficient (Wildman–Crippen LogP) is 2.48. The maximum absolute atomic E-state index is 8.09. The molecule has 20 heavy (non-hydrogen) atoms. The van der Waals surface area contributed by atoms with Gasteiger partial charge in [-0.2, -0.15) is 0 Å². The molecule has 2 aromatic heterocycles. The van der Waals surface area contributed by atoms with E-state index in [0.29, 0.717) is 5.49 Å². The third kappa shape index (κ3) is 2.17. The molecule has 1 saturated heterocycles. The van der Waals surface area contributed by atoms with Gasteiger partial charge in [-0.3, -0.25) is 5.41 Å². The smallest absolute Gasteiger partial charge is 0.147 e. The lowest BCUT2D eigenvalue weighted by atomic mass is 10.1. The van der Waals surface area contributed by atoms with Gasteiger partial charge in [0.15, 0.2) is 0 Å². The SMILES string of the molecule is CC(C)n1c(=N)ccc2c(N3CCCCC3)ncnc21. The summed E-state index contributed by atoms with van der Waals surface area (Å²) in [7, 11) is 0. The zero-order valence-electron chi connectivity index (χ0n) is 12.1. The van der Waals surface area contributed by atoms with Crippen molar-refractivity contribution in [2.45, 2.75) is 39.2 Å². The quantitative estimate of drug-likeness (QED) is 0.913. The Bertz CT molecular complexity index is 668. The molecule has 0 aromatic carbocycles. The summed E-state index contributed by atoms with van der Waals surface area (Å²) in [6, 6.07) is 4.05. The lowest BCUT2D eigenvalue weighted by Gasteiger charge is -2.28. The van der Waals surface area contributed by atoms with Gasteiger partial charge in [-0.1, -0.05) is 0 Å². The number of hydrogen-bond acceptors (Lipinski definition) is 4. The van der Waals surface area contributed by atoms with Crippen LogP contribution in [0.3, 0.4) is 0 Å². The van der Waals surface area contributed by atoms with Crippen LogP contribution in [-0.2, 0) is 0 Å². The van der Waals surface area contributed by atoms with Gasteiger partial charge in [-0.05, 0) is 45.2 Å². The van der Waals surface area contributed by atoms with Crippen LogP contribution in [0.1, 0.15) is 39.2 Å². The van der Waals surface area contributed by atoms with Gasteiger partial charge >= 0.3 is 0 Å². The van der Waals surface area contributed by atoms with Crippen LogP contribution in [-0.4, -0.2) is 27.6 Å². The van der Waals surface area contributed by atoms with Crippen LogP contribution in [0.15, 0.2) is 18.5 Å². The van der Waals surface area contributed by atoms with Crippen molar-refractivity contribution >= 4 is 16.9 Å². The van der Waals surface area contributed by atoms with Gasteiger partial charge < -0.3 is 9.47 Å². The number of hydrogen-bond donors (Lipinski definition) is 1. The van der Waals surface area contributed by atoms with Crippen molar-refractivity contribution in [1.82, 2.24) is 14.5 Å². The first-order valence-electron chi connectivity index (χ1n) is 7.34. The van der Waals surface area contributed by atoms with Crippen molar-refractivity contribution in [3.63, 3.8) is 0 Å². The van der Waals surface area contributed by atoms with Crippen molar-refractivity contribution in [2.24, 2.45) is 0 Å². The molecule has 0 amide bonds. The third-order valence-corrected chi connectivity index (χ3v) is 3.91. The molecular weight excluding hydrogens is 250 g/mol. The minimum Gasteiger partial charge on any atom is -0.356 e. The number of piperidine rings is 1. The van der Waals surface area contributed by atoms with E-state index < -0.39 is 0 Å².